The highest BCUT2D eigenvalue weighted by molar-refractivity contribution is 6.00. The van der Waals surface area contributed by atoms with E-state index in [0.717, 1.165) is 22.9 Å². The Morgan fingerprint density at radius 3 is 2.44 bits per heavy atom. The van der Waals surface area contributed by atoms with E-state index in [-0.39, 0.29) is 45.0 Å². The summed E-state index contributed by atoms with van der Waals surface area (Å²) in [4.78, 5) is 56.3. The zero-order valence-corrected chi connectivity index (χ0v) is 26.7. The monoisotopic (exact) mass is 657 g/mol. The Kier molecular flexibility index (Phi) is 10.6. The number of likely N-dealkylation sites (N-methyl/N-ethyl adjacent to an activating group) is 1. The van der Waals surface area contributed by atoms with Crippen LogP contribution in [0.5, 0.6) is 5.75 Å². The van der Waals surface area contributed by atoms with Crippen LogP contribution in [-0.2, 0) is 20.8 Å². The molecule has 0 fully saturated rings. The second-order valence-electron chi connectivity index (χ2n) is 11.9. The third kappa shape index (κ3) is 8.31. The van der Waals surface area contributed by atoms with Crippen molar-refractivity contribution in [3.8, 4) is 5.75 Å². The number of halogens is 2. The van der Waals surface area contributed by atoms with Crippen LogP contribution in [0.3, 0.4) is 0 Å². The summed E-state index contributed by atoms with van der Waals surface area (Å²) >= 11 is 0. The summed E-state index contributed by atoms with van der Waals surface area (Å²) in [5.41, 5.74) is 7.06. The van der Waals surface area contributed by atoms with Gasteiger partial charge in [-0.25, -0.2) is 8.78 Å². The first kappa shape index (κ1) is 34.0. The molecule has 4 aromatic carbocycles. The lowest BCUT2D eigenvalue weighted by Gasteiger charge is -2.37. The minimum absolute atomic E-state index is 0.0613. The highest BCUT2D eigenvalue weighted by atomic mass is 19.2. The molecule has 0 saturated heterocycles. The number of hydrogen-bond donors (Lipinski definition) is 2. The third-order valence-corrected chi connectivity index (χ3v) is 8.18. The predicted octanol–water partition coefficient (Wildman–Crippen LogP) is 4.14. The van der Waals surface area contributed by atoms with Gasteiger partial charge in [-0.1, -0.05) is 42.5 Å². The number of nitrogens with zero attached hydrogens (tertiary/aromatic N) is 3. The molecule has 3 N–H and O–H groups in total. The molecule has 1 heterocycles. The molecule has 0 spiro atoms. The molecule has 0 radical (unpaired) electrons. The number of nitrogens with two attached hydrogens (primary N) is 1. The number of carbonyl (C=O) groups excluding carboxylic acids is 4. The van der Waals surface area contributed by atoms with E-state index in [1.165, 1.54) is 15.9 Å². The van der Waals surface area contributed by atoms with Gasteiger partial charge < -0.3 is 30.5 Å². The van der Waals surface area contributed by atoms with Gasteiger partial charge in [0.2, 0.25) is 11.8 Å². The summed E-state index contributed by atoms with van der Waals surface area (Å²) in [6.07, 6.45) is 0.121. The van der Waals surface area contributed by atoms with E-state index in [9.17, 15) is 28.0 Å². The van der Waals surface area contributed by atoms with Crippen LogP contribution < -0.4 is 15.8 Å². The summed E-state index contributed by atoms with van der Waals surface area (Å²) in [7, 11) is 3.66. The number of anilines is 1. The first-order chi connectivity index (χ1) is 23.0. The Morgan fingerprint density at radius 2 is 1.71 bits per heavy atom. The van der Waals surface area contributed by atoms with Gasteiger partial charge in [0.1, 0.15) is 5.75 Å². The number of rotatable bonds is 13. The predicted molar refractivity (Wildman–Crippen MR) is 177 cm³/mol. The molecular weight excluding hydrogens is 620 g/mol. The molecule has 48 heavy (non-hydrogen) atoms. The van der Waals surface area contributed by atoms with E-state index in [0.29, 0.717) is 34.7 Å². The second-order valence-corrected chi connectivity index (χ2v) is 11.9. The zero-order chi connectivity index (χ0) is 34.4. The lowest BCUT2D eigenvalue weighted by molar-refractivity contribution is -0.135. The van der Waals surface area contributed by atoms with E-state index >= 15 is 0 Å². The Hall–Kier alpha value is -5.36. The maximum Gasteiger partial charge on any atom is 0.262 e. The Balaban J connectivity index is 1.33. The first-order valence-electron chi connectivity index (χ1n) is 15.5. The Labute approximate surface area is 277 Å². The molecule has 1 aliphatic rings. The number of primary amides is 1. The van der Waals surface area contributed by atoms with E-state index < -0.39 is 35.4 Å². The summed E-state index contributed by atoms with van der Waals surface area (Å²) in [6.45, 7) is 0.156. The molecule has 250 valence electrons. The maximum absolute atomic E-state index is 14.3. The molecule has 1 aliphatic heterocycles. The van der Waals surface area contributed by atoms with Gasteiger partial charge in [-0.05, 0) is 78.8 Å². The van der Waals surface area contributed by atoms with Gasteiger partial charge in [-0.2, -0.15) is 0 Å². The van der Waals surface area contributed by atoms with E-state index in [1.807, 2.05) is 55.4 Å². The van der Waals surface area contributed by atoms with Gasteiger partial charge in [-0.15, -0.1) is 0 Å². The summed E-state index contributed by atoms with van der Waals surface area (Å²) in [6, 6.07) is 21.0. The van der Waals surface area contributed by atoms with Crippen molar-refractivity contribution in [3.05, 3.63) is 107 Å². The number of ether oxygens (including phenoxy) is 1. The quantitative estimate of drug-likeness (QED) is 0.223. The standard InChI is InChI=1S/C36H37F2N5O5/c1-41(2)15-16-42(21-33(39)44)35(46)13-14-43-32(26-9-12-30(37)31(38)18-26)19-25-7-10-27(20-29(25)36(43)47)40-34(45)22-48-28-11-8-23-5-3-4-6-24(23)17-28/h3-12,17-18,20,32H,13-16,19,21-22H2,1-2H3,(H2,39,44)(H,40,45). The molecule has 1 atom stereocenters. The van der Waals surface area contributed by atoms with Gasteiger partial charge in [0.05, 0.1) is 12.6 Å². The molecule has 12 heteroatoms. The normalized spacial score (nSPS) is 14.1. The van der Waals surface area contributed by atoms with Crippen LogP contribution in [0.2, 0.25) is 0 Å². The third-order valence-electron chi connectivity index (χ3n) is 8.18. The highest BCUT2D eigenvalue weighted by Crippen LogP contribution is 2.35. The minimum atomic E-state index is -1.05. The van der Waals surface area contributed by atoms with Crippen molar-refractivity contribution in [2.45, 2.75) is 18.9 Å². The van der Waals surface area contributed by atoms with Crippen LogP contribution in [0.15, 0.2) is 78.9 Å². The van der Waals surface area contributed by atoms with Crippen molar-refractivity contribution < 1.29 is 32.7 Å². The topological polar surface area (TPSA) is 125 Å². The number of nitrogens with one attached hydrogen (secondary N) is 1. The fraction of sp³-hybridized carbons (Fsp3) is 0.278. The summed E-state index contributed by atoms with van der Waals surface area (Å²) in [5.74, 6) is -3.46. The fourth-order valence-electron chi connectivity index (χ4n) is 5.70. The van der Waals surface area contributed by atoms with Crippen molar-refractivity contribution in [2.75, 3.05) is 52.2 Å². The van der Waals surface area contributed by atoms with Gasteiger partial charge in [-0.3, -0.25) is 19.2 Å². The fourth-order valence-corrected chi connectivity index (χ4v) is 5.70. The molecule has 10 nitrogen and oxygen atoms in total. The average Bonchev–Trinajstić information content (AvgIpc) is 3.06. The van der Waals surface area contributed by atoms with E-state index in [1.54, 1.807) is 24.3 Å². The van der Waals surface area contributed by atoms with Crippen LogP contribution in [0.25, 0.3) is 10.8 Å². The van der Waals surface area contributed by atoms with E-state index in [2.05, 4.69) is 5.32 Å². The number of fused-ring (bicyclic) bond motifs is 2. The Bertz CT molecular complexity index is 1850. The number of hydrogen-bond acceptors (Lipinski definition) is 6. The molecular formula is C36H37F2N5O5. The van der Waals surface area contributed by atoms with Gasteiger partial charge in [0.25, 0.3) is 11.8 Å². The molecule has 0 bridgehead atoms. The lowest BCUT2D eigenvalue weighted by atomic mass is 9.88. The van der Waals surface area contributed by atoms with Gasteiger partial charge in [0.15, 0.2) is 18.2 Å². The van der Waals surface area contributed by atoms with Crippen LogP contribution in [0.4, 0.5) is 14.5 Å². The van der Waals surface area contributed by atoms with Crippen molar-refractivity contribution in [1.82, 2.24) is 14.7 Å². The highest BCUT2D eigenvalue weighted by Gasteiger charge is 2.34. The largest absolute Gasteiger partial charge is 0.484 e. The lowest BCUT2D eigenvalue weighted by Crippen LogP contribution is -2.45. The summed E-state index contributed by atoms with van der Waals surface area (Å²) < 4.78 is 33.8. The van der Waals surface area contributed by atoms with Crippen LogP contribution in [0, 0.1) is 11.6 Å². The molecule has 5 rings (SSSR count). The van der Waals surface area contributed by atoms with Gasteiger partial charge in [0, 0.05) is 37.3 Å². The zero-order valence-electron chi connectivity index (χ0n) is 26.7. The van der Waals surface area contributed by atoms with Crippen LogP contribution in [0.1, 0.15) is 33.9 Å². The van der Waals surface area contributed by atoms with Crippen molar-refractivity contribution in [3.63, 3.8) is 0 Å². The molecule has 1 unspecified atom stereocenters. The first-order valence-corrected chi connectivity index (χ1v) is 15.5. The number of amides is 4. The molecule has 0 aromatic heterocycles. The minimum Gasteiger partial charge on any atom is -0.484 e. The Morgan fingerprint density at radius 1 is 0.938 bits per heavy atom. The van der Waals surface area contributed by atoms with Crippen LogP contribution in [-0.4, -0.2) is 85.2 Å². The van der Waals surface area contributed by atoms with Crippen LogP contribution >= 0.6 is 0 Å². The van der Waals surface area contributed by atoms with E-state index in [4.69, 9.17) is 10.5 Å². The van der Waals surface area contributed by atoms with Crippen molar-refractivity contribution in [1.29, 1.82) is 0 Å². The maximum atomic E-state index is 14.3. The SMILES string of the molecule is CN(C)CCN(CC(N)=O)C(=O)CCN1C(=O)c2cc(NC(=O)COc3ccc4ccccc4c3)ccc2CC1c1ccc(F)c(F)c1. The number of benzene rings is 4. The molecule has 0 saturated carbocycles. The smallest absolute Gasteiger partial charge is 0.262 e. The van der Waals surface area contributed by atoms with Gasteiger partial charge >= 0.3 is 0 Å². The average molecular weight is 658 g/mol. The molecule has 4 aromatic rings. The molecule has 0 aliphatic carbocycles. The van der Waals surface area contributed by atoms with Crippen molar-refractivity contribution in [2.24, 2.45) is 5.73 Å². The van der Waals surface area contributed by atoms with Crippen molar-refractivity contribution >= 4 is 40.1 Å². The number of carbonyl (C=O) groups is 4. The second kappa shape index (κ2) is 15.0. The summed E-state index contributed by atoms with van der Waals surface area (Å²) in [5, 5.41) is 4.79. The molecule has 4 amide bonds.